The third kappa shape index (κ3) is 4.88. The van der Waals surface area contributed by atoms with Crippen LogP contribution in [0.2, 0.25) is 0 Å². The van der Waals surface area contributed by atoms with Crippen molar-refractivity contribution in [3.63, 3.8) is 0 Å². The zero-order chi connectivity index (χ0) is 22.1. The maximum atomic E-state index is 13.0. The molecule has 30 heavy (non-hydrogen) atoms. The average molecular weight is 438 g/mol. The predicted octanol–water partition coefficient (Wildman–Crippen LogP) is 3.77. The topological polar surface area (TPSA) is 63.3 Å². The van der Waals surface area contributed by atoms with E-state index in [4.69, 9.17) is 0 Å². The fourth-order valence-corrected chi connectivity index (χ4v) is 3.66. The fourth-order valence-electron chi connectivity index (χ4n) is 3.12. The number of nitrogens with zero attached hydrogens (tertiary/aromatic N) is 4. The Balaban J connectivity index is 1.96. The second-order valence-corrected chi connectivity index (χ2v) is 8.18. The zero-order valence-corrected chi connectivity index (χ0v) is 17.5. The van der Waals surface area contributed by atoms with E-state index in [2.05, 4.69) is 4.98 Å². The lowest BCUT2D eigenvalue weighted by Crippen LogP contribution is -2.25. The van der Waals surface area contributed by atoms with Crippen LogP contribution >= 0.6 is 11.8 Å². The van der Waals surface area contributed by atoms with Gasteiger partial charge in [-0.05, 0) is 74.2 Å². The number of thioether (sulfide) groups is 1. The van der Waals surface area contributed by atoms with Gasteiger partial charge < -0.3 is 10.0 Å². The first-order valence-electron chi connectivity index (χ1n) is 9.00. The molecule has 1 N–H and O–H groups in total. The summed E-state index contributed by atoms with van der Waals surface area (Å²) in [6.07, 6.45) is 3.38. The minimum Gasteiger partial charge on any atom is -0.493 e. The van der Waals surface area contributed by atoms with E-state index in [1.807, 2.05) is 25.1 Å². The summed E-state index contributed by atoms with van der Waals surface area (Å²) in [4.78, 5) is 19.1. The number of alkyl halides is 3. The van der Waals surface area contributed by atoms with Crippen LogP contribution in [0, 0.1) is 6.92 Å². The van der Waals surface area contributed by atoms with E-state index < -0.39 is 11.2 Å². The van der Waals surface area contributed by atoms with Gasteiger partial charge >= 0.3 is 11.2 Å². The maximum Gasteiger partial charge on any atom is 0.446 e. The van der Waals surface area contributed by atoms with E-state index in [0.29, 0.717) is 12.2 Å². The van der Waals surface area contributed by atoms with Crippen LogP contribution in [-0.2, 0) is 13.1 Å². The van der Waals surface area contributed by atoms with E-state index in [1.54, 1.807) is 19.3 Å². The van der Waals surface area contributed by atoms with Crippen molar-refractivity contribution >= 4 is 11.8 Å². The summed E-state index contributed by atoms with van der Waals surface area (Å²) in [7, 11) is 3.86. The molecular formula is C20H21F3N4O2S. The number of aromatic nitrogens is 3. The standard InChI is InChI=1S/C20H21F3N4O2S/c1-13-18(28)27(16-4-6-17(7-5-16)30-20(21,22)23)19(29)26(13)12-14-8-9-24-10-15(14)11-25(2)3/h4-10,28H,11-12H2,1-3H3. The van der Waals surface area contributed by atoms with Gasteiger partial charge in [-0.25, -0.2) is 9.36 Å². The number of hydrogen-bond donors (Lipinski definition) is 1. The number of rotatable bonds is 6. The van der Waals surface area contributed by atoms with E-state index in [0.717, 1.165) is 15.7 Å². The van der Waals surface area contributed by atoms with Gasteiger partial charge in [-0.1, -0.05) is 0 Å². The van der Waals surface area contributed by atoms with Gasteiger partial charge in [0.05, 0.1) is 17.9 Å². The third-order valence-electron chi connectivity index (χ3n) is 4.51. The number of hydrogen-bond acceptors (Lipinski definition) is 5. The number of aromatic hydroxyl groups is 1. The monoisotopic (exact) mass is 438 g/mol. The molecule has 3 rings (SSSR count). The summed E-state index contributed by atoms with van der Waals surface area (Å²) < 4.78 is 40.1. The summed E-state index contributed by atoms with van der Waals surface area (Å²) in [5.74, 6) is -0.251. The fraction of sp³-hybridized carbons (Fsp3) is 0.300. The predicted molar refractivity (Wildman–Crippen MR) is 109 cm³/mol. The Morgan fingerprint density at radius 1 is 1.13 bits per heavy atom. The van der Waals surface area contributed by atoms with Crippen molar-refractivity contribution in [3.8, 4) is 11.6 Å². The molecule has 2 aromatic heterocycles. The molecule has 160 valence electrons. The van der Waals surface area contributed by atoms with Crippen LogP contribution in [0.1, 0.15) is 16.8 Å². The van der Waals surface area contributed by atoms with Crippen molar-refractivity contribution in [2.24, 2.45) is 0 Å². The van der Waals surface area contributed by atoms with Crippen molar-refractivity contribution in [1.82, 2.24) is 19.0 Å². The highest BCUT2D eigenvalue weighted by molar-refractivity contribution is 8.00. The largest absolute Gasteiger partial charge is 0.493 e. The second-order valence-electron chi connectivity index (χ2n) is 7.04. The molecule has 0 aliphatic heterocycles. The molecule has 0 saturated heterocycles. The number of imidazole rings is 1. The minimum absolute atomic E-state index is 0.0000520. The summed E-state index contributed by atoms with van der Waals surface area (Å²) in [5, 5.41) is 10.5. The molecular weight excluding hydrogens is 417 g/mol. The highest BCUT2D eigenvalue weighted by atomic mass is 32.2. The van der Waals surface area contributed by atoms with Crippen LogP contribution in [0.3, 0.4) is 0 Å². The van der Waals surface area contributed by atoms with Gasteiger partial charge in [-0.3, -0.25) is 9.55 Å². The lowest BCUT2D eigenvalue weighted by molar-refractivity contribution is -0.0328. The van der Waals surface area contributed by atoms with Crippen LogP contribution in [0.5, 0.6) is 5.88 Å². The van der Waals surface area contributed by atoms with Gasteiger partial charge in [0.1, 0.15) is 0 Å². The molecule has 0 amide bonds. The minimum atomic E-state index is -4.39. The Hall–Kier alpha value is -2.72. The second kappa shape index (κ2) is 8.57. The third-order valence-corrected chi connectivity index (χ3v) is 5.25. The quantitative estimate of drug-likeness (QED) is 0.594. The van der Waals surface area contributed by atoms with E-state index in [9.17, 15) is 23.1 Å². The van der Waals surface area contributed by atoms with Gasteiger partial charge in [0.2, 0.25) is 5.88 Å². The van der Waals surface area contributed by atoms with Crippen LogP contribution in [0.4, 0.5) is 13.2 Å². The summed E-state index contributed by atoms with van der Waals surface area (Å²) in [6, 6.07) is 7.11. The lowest BCUT2D eigenvalue weighted by atomic mass is 10.1. The van der Waals surface area contributed by atoms with Crippen molar-refractivity contribution in [2.75, 3.05) is 14.1 Å². The molecule has 0 atom stereocenters. The SMILES string of the molecule is Cc1c(O)n(-c2ccc(SC(F)(F)F)cc2)c(=O)n1Cc1ccncc1CN(C)C. The van der Waals surface area contributed by atoms with E-state index >= 15 is 0 Å². The number of halogens is 3. The van der Waals surface area contributed by atoms with E-state index in [-0.39, 0.29) is 34.8 Å². The van der Waals surface area contributed by atoms with Crippen LogP contribution in [0.15, 0.2) is 52.4 Å². The molecule has 10 heteroatoms. The van der Waals surface area contributed by atoms with Gasteiger partial charge in [-0.15, -0.1) is 0 Å². The molecule has 1 aromatic carbocycles. The molecule has 3 aromatic rings. The first-order chi connectivity index (χ1) is 14.1. The maximum absolute atomic E-state index is 13.0. The summed E-state index contributed by atoms with van der Waals surface area (Å²) in [6.45, 7) is 2.49. The van der Waals surface area contributed by atoms with Crippen LogP contribution in [0.25, 0.3) is 5.69 Å². The van der Waals surface area contributed by atoms with Gasteiger partial charge in [0.15, 0.2) is 0 Å². The molecule has 6 nitrogen and oxygen atoms in total. The molecule has 0 aliphatic carbocycles. The number of benzene rings is 1. The smallest absolute Gasteiger partial charge is 0.446 e. The van der Waals surface area contributed by atoms with Crippen molar-refractivity contribution in [3.05, 3.63) is 70.0 Å². The lowest BCUT2D eigenvalue weighted by Gasteiger charge is -2.14. The average Bonchev–Trinajstić information content (AvgIpc) is 2.86. The van der Waals surface area contributed by atoms with Gasteiger partial charge in [-0.2, -0.15) is 13.2 Å². The molecule has 0 spiro atoms. The van der Waals surface area contributed by atoms with Gasteiger partial charge in [0, 0.05) is 23.8 Å². The molecule has 0 unspecified atom stereocenters. The Labute approximate surface area is 175 Å². The van der Waals surface area contributed by atoms with Gasteiger partial charge in [0.25, 0.3) is 0 Å². The summed E-state index contributed by atoms with van der Waals surface area (Å²) >= 11 is -0.235. The molecule has 0 saturated carbocycles. The van der Waals surface area contributed by atoms with Crippen LogP contribution < -0.4 is 5.69 Å². The molecule has 0 radical (unpaired) electrons. The molecule has 0 aliphatic rings. The highest BCUT2D eigenvalue weighted by Crippen LogP contribution is 2.37. The first kappa shape index (κ1) is 22.0. The Kier molecular flexibility index (Phi) is 6.27. The Bertz CT molecular complexity index is 1090. The normalized spacial score (nSPS) is 12.0. The van der Waals surface area contributed by atoms with Crippen molar-refractivity contribution in [2.45, 2.75) is 30.4 Å². The highest BCUT2D eigenvalue weighted by Gasteiger charge is 2.29. The zero-order valence-electron chi connectivity index (χ0n) is 16.6. The Morgan fingerprint density at radius 3 is 2.40 bits per heavy atom. The molecule has 0 bridgehead atoms. The molecule has 2 heterocycles. The first-order valence-corrected chi connectivity index (χ1v) is 9.82. The summed E-state index contributed by atoms with van der Waals surface area (Å²) in [5.41, 5.74) is -2.38. The van der Waals surface area contributed by atoms with Crippen LogP contribution in [-0.4, -0.2) is 43.7 Å². The van der Waals surface area contributed by atoms with Crippen molar-refractivity contribution < 1.29 is 18.3 Å². The number of pyridine rings is 1. The molecule has 0 fully saturated rings. The Morgan fingerprint density at radius 2 is 1.80 bits per heavy atom. The van der Waals surface area contributed by atoms with Crippen molar-refractivity contribution in [1.29, 1.82) is 0 Å². The van der Waals surface area contributed by atoms with E-state index in [1.165, 1.54) is 28.8 Å².